The molecule has 1 aliphatic heterocycles. The predicted molar refractivity (Wildman–Crippen MR) is 121 cm³/mol. The lowest BCUT2D eigenvalue weighted by Gasteiger charge is -2.29. The third-order valence-electron chi connectivity index (χ3n) is 5.01. The largest absolute Gasteiger partial charge is 0.396 e. The highest BCUT2D eigenvalue weighted by molar-refractivity contribution is 6.10. The second-order valence-corrected chi connectivity index (χ2v) is 7.16. The molecule has 1 saturated heterocycles. The number of hydrogen-bond acceptors (Lipinski definition) is 9. The van der Waals surface area contributed by atoms with Gasteiger partial charge in [0.05, 0.1) is 43.1 Å². The Bertz CT molecular complexity index is 1100. The molecule has 9 nitrogen and oxygen atoms in total. The topological polar surface area (TPSA) is 129 Å². The molecule has 2 aromatic heterocycles. The van der Waals surface area contributed by atoms with Crippen LogP contribution in [0.4, 0.5) is 15.9 Å². The van der Waals surface area contributed by atoms with Gasteiger partial charge in [-0.2, -0.15) is 0 Å². The number of allylic oxidation sites excluding steroid dienone is 5. The Morgan fingerprint density at radius 2 is 2.16 bits per heavy atom. The monoisotopic (exact) mass is 437 g/mol. The van der Waals surface area contributed by atoms with E-state index in [4.69, 9.17) is 20.7 Å². The number of aromatic nitrogens is 3. The molecule has 166 valence electrons. The Morgan fingerprint density at radius 1 is 1.31 bits per heavy atom. The summed E-state index contributed by atoms with van der Waals surface area (Å²) in [6, 6.07) is 1.65. The number of aliphatic imine (C=N–C) groups is 1. The first-order chi connectivity index (χ1) is 15.6. The third kappa shape index (κ3) is 5.09. The molecule has 0 saturated carbocycles. The fourth-order valence-corrected chi connectivity index (χ4v) is 3.29. The summed E-state index contributed by atoms with van der Waals surface area (Å²) in [7, 11) is 0. The number of halogens is 1. The first-order valence-corrected chi connectivity index (χ1v) is 10.2. The number of anilines is 2. The summed E-state index contributed by atoms with van der Waals surface area (Å²) in [6.07, 6.45) is 12.1. The molecular weight excluding hydrogens is 413 g/mol. The maximum atomic E-state index is 14.2. The fourth-order valence-electron chi connectivity index (χ4n) is 3.29. The highest BCUT2D eigenvalue weighted by Crippen LogP contribution is 2.22. The quantitative estimate of drug-likeness (QED) is 0.659. The van der Waals surface area contributed by atoms with Crippen molar-refractivity contribution in [3.05, 3.63) is 71.8 Å². The van der Waals surface area contributed by atoms with Gasteiger partial charge in [-0.05, 0) is 18.6 Å². The van der Waals surface area contributed by atoms with E-state index in [9.17, 15) is 4.39 Å². The van der Waals surface area contributed by atoms with Gasteiger partial charge in [-0.15, -0.1) is 0 Å². The molecule has 2 aliphatic rings. The van der Waals surface area contributed by atoms with Crippen molar-refractivity contribution < 1.29 is 13.7 Å². The second-order valence-electron chi connectivity index (χ2n) is 7.16. The maximum absolute atomic E-state index is 14.2. The molecule has 10 heteroatoms. The molecular formula is C22H24FN7O2. The van der Waals surface area contributed by atoms with E-state index in [-0.39, 0.29) is 23.9 Å². The number of hydrogen-bond donors (Lipinski definition) is 2. The Balaban J connectivity index is 1.59. The summed E-state index contributed by atoms with van der Waals surface area (Å²) >= 11 is 0. The summed E-state index contributed by atoms with van der Waals surface area (Å²) < 4.78 is 24.5. The standard InChI is InChI=1S/C22H24FN7O2/c23-16-5-3-1-2-4-15(16)13-26-19(18-6-9-32-29-18)12-17(24)22-27-14-20(21(25)28-22)30-7-10-31-11-8-30/h1,3-6,9,12,14H,2,7-8,10-11,13,24H2,(H2,25,27,28). The van der Waals surface area contributed by atoms with E-state index in [0.29, 0.717) is 42.4 Å². The number of morpholine rings is 1. The third-order valence-corrected chi connectivity index (χ3v) is 5.01. The molecule has 3 heterocycles. The number of nitrogen functional groups attached to an aromatic ring is 1. The molecule has 0 amide bonds. The zero-order chi connectivity index (χ0) is 22.3. The van der Waals surface area contributed by atoms with Crippen molar-refractivity contribution in [3.8, 4) is 0 Å². The van der Waals surface area contributed by atoms with Crippen LogP contribution in [0.3, 0.4) is 0 Å². The molecule has 0 atom stereocenters. The van der Waals surface area contributed by atoms with Gasteiger partial charge < -0.3 is 25.6 Å². The molecule has 0 spiro atoms. The van der Waals surface area contributed by atoms with E-state index in [2.05, 4.69) is 25.0 Å². The maximum Gasteiger partial charge on any atom is 0.177 e. The van der Waals surface area contributed by atoms with Gasteiger partial charge in [0.2, 0.25) is 0 Å². The minimum atomic E-state index is -0.325. The molecule has 0 radical (unpaired) electrons. The molecule has 2 aromatic rings. The molecule has 0 unspecified atom stereocenters. The normalized spacial score (nSPS) is 17.7. The number of nitrogens with two attached hydrogens (primary N) is 2. The summed E-state index contributed by atoms with van der Waals surface area (Å²) in [5.41, 5.74) is 14.8. The Kier molecular flexibility index (Phi) is 6.71. The predicted octanol–water partition coefficient (Wildman–Crippen LogP) is 2.41. The van der Waals surface area contributed by atoms with Gasteiger partial charge in [-0.25, -0.2) is 14.4 Å². The molecule has 1 aliphatic carbocycles. The molecule has 32 heavy (non-hydrogen) atoms. The molecule has 0 bridgehead atoms. The summed E-state index contributed by atoms with van der Waals surface area (Å²) in [5, 5.41) is 3.93. The van der Waals surface area contributed by atoms with Gasteiger partial charge in [-0.3, -0.25) is 4.99 Å². The first kappa shape index (κ1) is 21.4. The van der Waals surface area contributed by atoms with Crippen LogP contribution in [0.2, 0.25) is 0 Å². The average molecular weight is 437 g/mol. The van der Waals surface area contributed by atoms with Crippen LogP contribution in [0.5, 0.6) is 0 Å². The van der Waals surface area contributed by atoms with Crippen molar-refractivity contribution in [1.82, 2.24) is 15.1 Å². The minimum Gasteiger partial charge on any atom is -0.396 e. The minimum absolute atomic E-state index is 0.120. The van der Waals surface area contributed by atoms with Crippen LogP contribution in [-0.2, 0) is 4.74 Å². The lowest BCUT2D eigenvalue weighted by Crippen LogP contribution is -2.37. The Hall–Kier alpha value is -3.79. The molecule has 4 rings (SSSR count). The van der Waals surface area contributed by atoms with Crippen molar-refractivity contribution in [2.45, 2.75) is 6.42 Å². The van der Waals surface area contributed by atoms with Crippen LogP contribution in [0.25, 0.3) is 5.70 Å². The van der Waals surface area contributed by atoms with E-state index in [1.165, 1.54) is 12.3 Å². The van der Waals surface area contributed by atoms with Crippen molar-refractivity contribution >= 4 is 22.9 Å². The van der Waals surface area contributed by atoms with Gasteiger partial charge in [0.15, 0.2) is 11.6 Å². The second kappa shape index (κ2) is 10.0. The van der Waals surface area contributed by atoms with Crippen molar-refractivity contribution in [2.24, 2.45) is 10.7 Å². The van der Waals surface area contributed by atoms with Crippen molar-refractivity contribution in [1.29, 1.82) is 0 Å². The van der Waals surface area contributed by atoms with Crippen LogP contribution < -0.4 is 16.4 Å². The van der Waals surface area contributed by atoms with E-state index < -0.39 is 0 Å². The number of ether oxygens (including phenoxy) is 1. The fraction of sp³-hybridized carbons (Fsp3) is 0.273. The van der Waals surface area contributed by atoms with E-state index in [1.54, 1.807) is 30.5 Å². The van der Waals surface area contributed by atoms with Crippen LogP contribution in [0.1, 0.15) is 17.9 Å². The van der Waals surface area contributed by atoms with Gasteiger partial charge >= 0.3 is 0 Å². The van der Waals surface area contributed by atoms with E-state index in [1.807, 2.05) is 6.08 Å². The Labute approximate surface area is 184 Å². The summed E-state index contributed by atoms with van der Waals surface area (Å²) in [5.74, 6) is 0.268. The Morgan fingerprint density at radius 3 is 2.91 bits per heavy atom. The molecule has 0 aromatic carbocycles. The van der Waals surface area contributed by atoms with Gasteiger partial charge in [0, 0.05) is 24.7 Å². The van der Waals surface area contributed by atoms with Crippen LogP contribution in [0, 0.1) is 0 Å². The van der Waals surface area contributed by atoms with Crippen molar-refractivity contribution in [2.75, 3.05) is 43.5 Å². The number of rotatable bonds is 6. The van der Waals surface area contributed by atoms with Gasteiger partial charge in [0.1, 0.15) is 17.8 Å². The van der Waals surface area contributed by atoms with E-state index >= 15 is 0 Å². The van der Waals surface area contributed by atoms with Crippen LogP contribution in [-0.4, -0.2) is 53.7 Å². The SMILES string of the molecule is NC(=CC(=NCC1=CCC=CC=C1F)c1ccon1)c1ncc(N2CCOCC2)c(N)n1. The zero-order valence-electron chi connectivity index (χ0n) is 17.4. The highest BCUT2D eigenvalue weighted by atomic mass is 19.1. The van der Waals surface area contributed by atoms with E-state index in [0.717, 1.165) is 18.8 Å². The first-order valence-electron chi connectivity index (χ1n) is 10.2. The van der Waals surface area contributed by atoms with Gasteiger partial charge in [0.25, 0.3) is 0 Å². The number of nitrogens with zero attached hydrogens (tertiary/aromatic N) is 5. The van der Waals surface area contributed by atoms with Crippen molar-refractivity contribution in [3.63, 3.8) is 0 Å². The summed E-state index contributed by atoms with van der Waals surface area (Å²) in [6.45, 7) is 2.82. The zero-order valence-corrected chi connectivity index (χ0v) is 17.4. The molecule has 1 fully saturated rings. The summed E-state index contributed by atoms with van der Waals surface area (Å²) in [4.78, 5) is 15.3. The average Bonchev–Trinajstić information content (AvgIpc) is 3.27. The van der Waals surface area contributed by atoms with Gasteiger partial charge in [-0.1, -0.05) is 23.4 Å². The van der Waals surface area contributed by atoms with Crippen LogP contribution in [0.15, 0.2) is 69.8 Å². The lowest BCUT2D eigenvalue weighted by molar-refractivity contribution is 0.122. The molecule has 4 N–H and O–H groups in total. The van der Waals surface area contributed by atoms with Crippen LogP contribution >= 0.6 is 0 Å². The smallest absolute Gasteiger partial charge is 0.177 e. The lowest BCUT2D eigenvalue weighted by atomic mass is 10.2. The highest BCUT2D eigenvalue weighted by Gasteiger charge is 2.17.